The van der Waals surface area contributed by atoms with Crippen molar-refractivity contribution in [3.05, 3.63) is 66.0 Å². The molecular formula is C14H14N2O. The third-order valence-corrected chi connectivity index (χ3v) is 2.61. The van der Waals surface area contributed by atoms with Gasteiger partial charge in [0.2, 0.25) is 6.41 Å². The van der Waals surface area contributed by atoms with Crippen LogP contribution in [0, 0.1) is 0 Å². The highest BCUT2D eigenvalue weighted by atomic mass is 16.1. The molecule has 1 amide bonds. The van der Waals surface area contributed by atoms with Crippen LogP contribution in [0.5, 0.6) is 0 Å². The minimum absolute atomic E-state index is 0.0244. The van der Waals surface area contributed by atoms with E-state index in [1.165, 1.54) is 0 Å². The minimum atomic E-state index is -0.0244. The summed E-state index contributed by atoms with van der Waals surface area (Å²) in [6.07, 6.45) is 3.20. The molecule has 0 saturated carbocycles. The predicted octanol–water partition coefficient (Wildman–Crippen LogP) is 2.11. The van der Waals surface area contributed by atoms with E-state index in [0.717, 1.165) is 17.7 Å². The smallest absolute Gasteiger partial charge is 0.207 e. The van der Waals surface area contributed by atoms with Gasteiger partial charge >= 0.3 is 0 Å². The van der Waals surface area contributed by atoms with Gasteiger partial charge < -0.3 is 5.32 Å². The van der Waals surface area contributed by atoms with Gasteiger partial charge in [0, 0.05) is 18.3 Å². The van der Waals surface area contributed by atoms with Crippen molar-refractivity contribution in [2.75, 3.05) is 0 Å². The summed E-state index contributed by atoms with van der Waals surface area (Å²) in [6.45, 7) is 0. The predicted molar refractivity (Wildman–Crippen MR) is 66.3 cm³/mol. The molecule has 1 aromatic heterocycles. The van der Waals surface area contributed by atoms with Gasteiger partial charge in [0.15, 0.2) is 0 Å². The van der Waals surface area contributed by atoms with Gasteiger partial charge in [-0.15, -0.1) is 0 Å². The highest BCUT2D eigenvalue weighted by molar-refractivity contribution is 5.48. The summed E-state index contributed by atoms with van der Waals surface area (Å²) >= 11 is 0. The Morgan fingerprint density at radius 1 is 1.12 bits per heavy atom. The van der Waals surface area contributed by atoms with Crippen LogP contribution in [0.1, 0.15) is 17.3 Å². The lowest BCUT2D eigenvalue weighted by Gasteiger charge is -2.15. The topological polar surface area (TPSA) is 42.0 Å². The number of aromatic nitrogens is 1. The summed E-state index contributed by atoms with van der Waals surface area (Å²) in [5.41, 5.74) is 2.06. The summed E-state index contributed by atoms with van der Waals surface area (Å²) in [6, 6.07) is 15.7. The zero-order valence-corrected chi connectivity index (χ0v) is 9.41. The van der Waals surface area contributed by atoms with Crippen molar-refractivity contribution in [3.63, 3.8) is 0 Å². The number of pyridine rings is 1. The van der Waals surface area contributed by atoms with Crippen LogP contribution < -0.4 is 5.32 Å². The molecule has 17 heavy (non-hydrogen) atoms. The van der Waals surface area contributed by atoms with E-state index in [0.29, 0.717) is 6.42 Å². The number of hydrogen-bond donors (Lipinski definition) is 1. The molecule has 0 aliphatic heterocycles. The van der Waals surface area contributed by atoms with Crippen molar-refractivity contribution < 1.29 is 4.79 Å². The standard InChI is InChI=1S/C14H14N2O/c17-11-16-14(12-6-2-1-3-7-12)10-13-8-4-5-9-15-13/h1-9,11,14H,10H2,(H,16,17). The quantitative estimate of drug-likeness (QED) is 0.793. The van der Waals surface area contributed by atoms with E-state index in [1.807, 2.05) is 48.5 Å². The zero-order chi connectivity index (χ0) is 11.9. The number of amides is 1. The molecule has 1 unspecified atom stereocenters. The molecule has 1 heterocycles. The lowest BCUT2D eigenvalue weighted by atomic mass is 10.0. The van der Waals surface area contributed by atoms with Crippen molar-refractivity contribution in [2.45, 2.75) is 12.5 Å². The number of carbonyl (C=O) groups excluding carboxylic acids is 1. The number of nitrogens with zero attached hydrogens (tertiary/aromatic N) is 1. The monoisotopic (exact) mass is 226 g/mol. The molecule has 1 N–H and O–H groups in total. The molecule has 1 aromatic carbocycles. The first-order chi connectivity index (χ1) is 8.40. The normalized spacial score (nSPS) is 11.8. The van der Waals surface area contributed by atoms with E-state index in [2.05, 4.69) is 10.3 Å². The molecular weight excluding hydrogens is 212 g/mol. The van der Waals surface area contributed by atoms with Gasteiger partial charge in [0.05, 0.1) is 6.04 Å². The Morgan fingerprint density at radius 2 is 1.88 bits per heavy atom. The van der Waals surface area contributed by atoms with Crippen molar-refractivity contribution in [3.8, 4) is 0 Å². The average molecular weight is 226 g/mol. The molecule has 0 aliphatic rings. The Balaban J connectivity index is 2.16. The van der Waals surface area contributed by atoms with E-state index in [-0.39, 0.29) is 6.04 Å². The number of benzene rings is 1. The van der Waals surface area contributed by atoms with Gasteiger partial charge in [0.1, 0.15) is 0 Å². The van der Waals surface area contributed by atoms with Gasteiger partial charge in [-0.25, -0.2) is 0 Å². The molecule has 0 aliphatic carbocycles. The molecule has 0 fully saturated rings. The molecule has 86 valence electrons. The van der Waals surface area contributed by atoms with Gasteiger partial charge in [0.25, 0.3) is 0 Å². The second kappa shape index (κ2) is 5.80. The molecule has 2 aromatic rings. The van der Waals surface area contributed by atoms with Crippen LogP contribution >= 0.6 is 0 Å². The molecule has 0 spiro atoms. The summed E-state index contributed by atoms with van der Waals surface area (Å²) in [4.78, 5) is 14.9. The second-order valence-corrected chi connectivity index (χ2v) is 3.77. The number of rotatable bonds is 5. The number of carbonyl (C=O) groups is 1. The third kappa shape index (κ3) is 3.14. The fraction of sp³-hybridized carbons (Fsp3) is 0.143. The maximum atomic E-state index is 10.6. The van der Waals surface area contributed by atoms with Crippen molar-refractivity contribution in [2.24, 2.45) is 0 Å². The molecule has 0 bridgehead atoms. The summed E-state index contributed by atoms with van der Waals surface area (Å²) in [5.74, 6) is 0. The van der Waals surface area contributed by atoms with Crippen LogP contribution in [0.3, 0.4) is 0 Å². The Kier molecular flexibility index (Phi) is 3.86. The molecule has 0 radical (unpaired) electrons. The fourth-order valence-corrected chi connectivity index (χ4v) is 1.77. The van der Waals surface area contributed by atoms with Gasteiger partial charge in [-0.1, -0.05) is 36.4 Å². The molecule has 2 rings (SSSR count). The number of nitrogens with one attached hydrogen (secondary N) is 1. The van der Waals surface area contributed by atoms with E-state index >= 15 is 0 Å². The van der Waals surface area contributed by atoms with Crippen LogP contribution in [-0.2, 0) is 11.2 Å². The van der Waals surface area contributed by atoms with E-state index < -0.39 is 0 Å². The highest BCUT2D eigenvalue weighted by Crippen LogP contribution is 2.16. The summed E-state index contributed by atoms with van der Waals surface area (Å²) in [5, 5.41) is 2.83. The minimum Gasteiger partial charge on any atom is -0.351 e. The first kappa shape index (κ1) is 11.3. The largest absolute Gasteiger partial charge is 0.351 e. The Bertz CT molecular complexity index is 456. The van der Waals surface area contributed by atoms with Crippen LogP contribution in [0.4, 0.5) is 0 Å². The maximum absolute atomic E-state index is 10.6. The van der Waals surface area contributed by atoms with E-state index in [9.17, 15) is 4.79 Å². The van der Waals surface area contributed by atoms with Gasteiger partial charge in [-0.05, 0) is 17.7 Å². The van der Waals surface area contributed by atoms with Crippen LogP contribution in [0.2, 0.25) is 0 Å². The van der Waals surface area contributed by atoms with E-state index in [4.69, 9.17) is 0 Å². The first-order valence-corrected chi connectivity index (χ1v) is 5.54. The van der Waals surface area contributed by atoms with Crippen molar-refractivity contribution in [1.82, 2.24) is 10.3 Å². The SMILES string of the molecule is O=CNC(Cc1ccccn1)c1ccccc1. The van der Waals surface area contributed by atoms with Crippen molar-refractivity contribution >= 4 is 6.41 Å². The van der Waals surface area contributed by atoms with Gasteiger partial charge in [-0.3, -0.25) is 9.78 Å². The average Bonchev–Trinajstić information content (AvgIpc) is 2.40. The molecule has 3 heteroatoms. The Labute approximate surface area is 101 Å². The van der Waals surface area contributed by atoms with Crippen LogP contribution in [-0.4, -0.2) is 11.4 Å². The Morgan fingerprint density at radius 3 is 2.53 bits per heavy atom. The second-order valence-electron chi connectivity index (χ2n) is 3.77. The lowest BCUT2D eigenvalue weighted by Crippen LogP contribution is -2.22. The van der Waals surface area contributed by atoms with Gasteiger partial charge in [-0.2, -0.15) is 0 Å². The molecule has 0 saturated heterocycles. The highest BCUT2D eigenvalue weighted by Gasteiger charge is 2.11. The Hall–Kier alpha value is -2.16. The fourth-order valence-electron chi connectivity index (χ4n) is 1.77. The van der Waals surface area contributed by atoms with E-state index in [1.54, 1.807) is 6.20 Å². The van der Waals surface area contributed by atoms with Crippen LogP contribution in [0.25, 0.3) is 0 Å². The van der Waals surface area contributed by atoms with Crippen molar-refractivity contribution in [1.29, 1.82) is 0 Å². The third-order valence-electron chi connectivity index (χ3n) is 2.61. The molecule has 3 nitrogen and oxygen atoms in total. The lowest BCUT2D eigenvalue weighted by molar-refractivity contribution is -0.110. The zero-order valence-electron chi connectivity index (χ0n) is 9.41. The van der Waals surface area contributed by atoms with Crippen LogP contribution in [0.15, 0.2) is 54.7 Å². The maximum Gasteiger partial charge on any atom is 0.207 e. The molecule has 1 atom stereocenters. The first-order valence-electron chi connectivity index (χ1n) is 5.54. The summed E-state index contributed by atoms with van der Waals surface area (Å²) in [7, 11) is 0. The summed E-state index contributed by atoms with van der Waals surface area (Å²) < 4.78 is 0. The number of hydrogen-bond acceptors (Lipinski definition) is 2.